The molecule has 18 heavy (non-hydrogen) atoms. The average Bonchev–Trinajstić information content (AvgIpc) is 2.36. The lowest BCUT2D eigenvalue weighted by molar-refractivity contribution is -0.114. The molecule has 0 bridgehead atoms. The van der Waals surface area contributed by atoms with Crippen LogP contribution in [0.3, 0.4) is 0 Å². The highest BCUT2D eigenvalue weighted by molar-refractivity contribution is 5.88. The zero-order chi connectivity index (χ0) is 12.5. The summed E-state index contributed by atoms with van der Waals surface area (Å²) in [7, 11) is 0. The molecule has 0 aliphatic heterocycles. The molecule has 0 saturated heterocycles. The molecule has 0 radical (unpaired) electrons. The molecule has 2 N–H and O–H groups in total. The third kappa shape index (κ3) is 6.21. The minimum absolute atomic E-state index is 0. The van der Waals surface area contributed by atoms with Crippen LogP contribution in [0.15, 0.2) is 36.9 Å². The first-order chi connectivity index (χ1) is 8.26. The fourth-order valence-electron chi connectivity index (χ4n) is 1.58. The van der Waals surface area contributed by atoms with Crippen molar-refractivity contribution in [3.8, 4) is 5.75 Å². The Morgan fingerprint density at radius 3 is 2.89 bits per heavy atom. The minimum atomic E-state index is 0. The highest BCUT2D eigenvalue weighted by Gasteiger charge is 1.99. The molecule has 0 unspecified atom stereocenters. The van der Waals surface area contributed by atoms with Crippen LogP contribution in [-0.4, -0.2) is 17.9 Å². The fraction of sp³-hybridized carbons (Fsp3) is 0.400. The maximum Gasteiger partial charge on any atom is 0.155 e. The first-order valence-electron chi connectivity index (χ1n) is 6.13. The zero-order valence-corrected chi connectivity index (χ0v) is 10.9. The second-order valence-electron chi connectivity index (χ2n) is 4.02. The molecule has 1 aromatic rings. The van der Waals surface area contributed by atoms with Gasteiger partial charge < -0.3 is 10.2 Å². The van der Waals surface area contributed by atoms with Crippen LogP contribution < -0.4 is 4.74 Å². The van der Waals surface area contributed by atoms with Crippen molar-refractivity contribution < 1.29 is 15.0 Å². The van der Waals surface area contributed by atoms with Crippen LogP contribution in [0.25, 0.3) is 0 Å². The average molecular weight is 250 g/mol. The molecule has 3 heteroatoms. The Morgan fingerprint density at radius 2 is 2.22 bits per heavy atom. The minimum Gasteiger partial charge on any atom is -0.494 e. The predicted molar refractivity (Wildman–Crippen MR) is 74.0 cm³/mol. The molecule has 1 rings (SSSR count). The Bertz CT molecular complexity index is 372. The van der Waals surface area contributed by atoms with Gasteiger partial charge in [-0.2, -0.15) is 0 Å². The second kappa shape index (κ2) is 9.42. The van der Waals surface area contributed by atoms with E-state index in [4.69, 9.17) is 4.74 Å². The summed E-state index contributed by atoms with van der Waals surface area (Å²) in [5, 5.41) is 0. The third-order valence-corrected chi connectivity index (χ3v) is 2.49. The molecule has 0 amide bonds. The van der Waals surface area contributed by atoms with Crippen molar-refractivity contribution in [1.82, 2.24) is 0 Å². The molecule has 0 aliphatic carbocycles. The maximum atomic E-state index is 11.1. The van der Waals surface area contributed by atoms with Crippen molar-refractivity contribution in [2.75, 3.05) is 6.61 Å². The Morgan fingerprint density at radius 1 is 1.44 bits per heavy atom. The summed E-state index contributed by atoms with van der Waals surface area (Å²) >= 11 is 0. The lowest BCUT2D eigenvalue weighted by Crippen LogP contribution is -1.97. The topological polar surface area (TPSA) is 57.8 Å². The summed E-state index contributed by atoms with van der Waals surface area (Å²) in [6.45, 7) is 6.30. The van der Waals surface area contributed by atoms with E-state index < -0.39 is 0 Å². The third-order valence-electron chi connectivity index (χ3n) is 2.49. The standard InChI is InChI=1S/C15H20O2.H2O/c1-3-11-17-15-10-6-8-13(12-15)7-5-9-14(16)4-2;/h4,6,8,10,12H,2-3,5,7,9,11H2,1H3;1H2. The van der Waals surface area contributed by atoms with E-state index in [1.165, 1.54) is 11.6 Å². The van der Waals surface area contributed by atoms with E-state index in [1.807, 2.05) is 18.2 Å². The molecule has 0 heterocycles. The Labute approximate surface area is 109 Å². The molecule has 0 spiro atoms. The lowest BCUT2D eigenvalue weighted by atomic mass is 10.1. The number of allylic oxidation sites excluding steroid dienone is 1. The number of ether oxygens (including phenoxy) is 1. The van der Waals surface area contributed by atoms with Gasteiger partial charge in [0.15, 0.2) is 5.78 Å². The van der Waals surface area contributed by atoms with Gasteiger partial charge in [-0.1, -0.05) is 25.6 Å². The number of carbonyl (C=O) groups excluding carboxylic acids is 1. The van der Waals surface area contributed by atoms with Crippen LogP contribution in [0, 0.1) is 0 Å². The largest absolute Gasteiger partial charge is 0.494 e. The number of ketones is 1. The van der Waals surface area contributed by atoms with Gasteiger partial charge in [-0.15, -0.1) is 0 Å². The van der Waals surface area contributed by atoms with E-state index in [9.17, 15) is 4.79 Å². The summed E-state index contributed by atoms with van der Waals surface area (Å²) in [5.41, 5.74) is 1.22. The Hall–Kier alpha value is -1.61. The van der Waals surface area contributed by atoms with Crippen molar-refractivity contribution in [1.29, 1.82) is 0 Å². The number of carbonyl (C=O) groups is 1. The molecule has 0 aliphatic rings. The molecule has 100 valence electrons. The van der Waals surface area contributed by atoms with Gasteiger partial charge in [0, 0.05) is 6.42 Å². The molecule has 0 aromatic heterocycles. The quantitative estimate of drug-likeness (QED) is 0.666. The number of rotatable bonds is 8. The fourth-order valence-corrected chi connectivity index (χ4v) is 1.58. The van der Waals surface area contributed by atoms with E-state index >= 15 is 0 Å². The SMILES string of the molecule is C=CC(=O)CCCc1cccc(OCCC)c1.O. The molecule has 0 saturated carbocycles. The molecule has 3 nitrogen and oxygen atoms in total. The van der Waals surface area contributed by atoms with Gasteiger partial charge >= 0.3 is 0 Å². The maximum absolute atomic E-state index is 11.1. The van der Waals surface area contributed by atoms with Crippen LogP contribution >= 0.6 is 0 Å². The lowest BCUT2D eigenvalue weighted by Gasteiger charge is -2.06. The number of aryl methyl sites for hydroxylation is 1. The van der Waals surface area contributed by atoms with Gasteiger partial charge in [-0.25, -0.2) is 0 Å². The van der Waals surface area contributed by atoms with Gasteiger partial charge in [0.25, 0.3) is 0 Å². The summed E-state index contributed by atoms with van der Waals surface area (Å²) in [5.74, 6) is 1.03. The Kier molecular flexibility index (Phi) is 8.58. The van der Waals surface area contributed by atoms with E-state index in [0.29, 0.717) is 6.42 Å². The summed E-state index contributed by atoms with van der Waals surface area (Å²) in [6.07, 6.45) is 4.74. The predicted octanol–water partition coefficient (Wildman–Crippen LogP) is 2.73. The van der Waals surface area contributed by atoms with E-state index in [2.05, 4.69) is 19.6 Å². The first kappa shape index (κ1) is 16.4. The summed E-state index contributed by atoms with van der Waals surface area (Å²) in [6, 6.07) is 8.08. The van der Waals surface area contributed by atoms with Gasteiger partial charge in [0.05, 0.1) is 6.61 Å². The monoisotopic (exact) mass is 250 g/mol. The van der Waals surface area contributed by atoms with Gasteiger partial charge in [-0.3, -0.25) is 4.79 Å². The van der Waals surface area contributed by atoms with Crippen molar-refractivity contribution in [3.05, 3.63) is 42.5 Å². The number of benzene rings is 1. The number of hydrogen-bond donors (Lipinski definition) is 0. The Balaban J connectivity index is 0.00000289. The van der Waals surface area contributed by atoms with Crippen molar-refractivity contribution in [2.24, 2.45) is 0 Å². The number of hydrogen-bond acceptors (Lipinski definition) is 2. The normalized spacial score (nSPS) is 9.39. The van der Waals surface area contributed by atoms with Crippen LogP contribution in [0.5, 0.6) is 5.75 Å². The highest BCUT2D eigenvalue weighted by Crippen LogP contribution is 2.15. The second-order valence-corrected chi connectivity index (χ2v) is 4.02. The van der Waals surface area contributed by atoms with Crippen LogP contribution in [-0.2, 0) is 11.2 Å². The van der Waals surface area contributed by atoms with E-state index in [1.54, 1.807) is 0 Å². The smallest absolute Gasteiger partial charge is 0.155 e. The van der Waals surface area contributed by atoms with E-state index in [0.717, 1.165) is 31.6 Å². The van der Waals surface area contributed by atoms with Gasteiger partial charge in [-0.05, 0) is 43.0 Å². The molecular formula is C15H22O3. The highest BCUT2D eigenvalue weighted by atomic mass is 16.5. The molecule has 0 atom stereocenters. The van der Waals surface area contributed by atoms with Crippen LogP contribution in [0.4, 0.5) is 0 Å². The molecule has 1 aromatic carbocycles. The van der Waals surface area contributed by atoms with Crippen LogP contribution in [0.1, 0.15) is 31.7 Å². The van der Waals surface area contributed by atoms with E-state index in [-0.39, 0.29) is 11.3 Å². The van der Waals surface area contributed by atoms with Gasteiger partial charge in [0.2, 0.25) is 0 Å². The summed E-state index contributed by atoms with van der Waals surface area (Å²) in [4.78, 5) is 11.1. The van der Waals surface area contributed by atoms with Gasteiger partial charge in [0.1, 0.15) is 5.75 Å². The van der Waals surface area contributed by atoms with Crippen molar-refractivity contribution >= 4 is 5.78 Å². The first-order valence-corrected chi connectivity index (χ1v) is 6.13. The van der Waals surface area contributed by atoms with Crippen molar-refractivity contribution in [2.45, 2.75) is 32.6 Å². The summed E-state index contributed by atoms with van der Waals surface area (Å²) < 4.78 is 5.56. The zero-order valence-electron chi connectivity index (χ0n) is 10.9. The van der Waals surface area contributed by atoms with Crippen LogP contribution in [0.2, 0.25) is 0 Å². The van der Waals surface area contributed by atoms with Crippen molar-refractivity contribution in [3.63, 3.8) is 0 Å². The molecular weight excluding hydrogens is 228 g/mol. The molecule has 0 fully saturated rings.